The maximum absolute atomic E-state index is 11.4. The fraction of sp³-hybridized carbons (Fsp3) is 0.500. The summed E-state index contributed by atoms with van der Waals surface area (Å²) in [7, 11) is 0. The number of benzene rings is 1. The average molecular weight is 247 g/mol. The highest BCUT2D eigenvalue weighted by atomic mass is 16.2. The number of nitrogens with zero attached hydrogens (tertiary/aromatic N) is 1. The van der Waals surface area contributed by atoms with Crippen LogP contribution in [0.25, 0.3) is 0 Å². The van der Waals surface area contributed by atoms with Gasteiger partial charge >= 0.3 is 6.03 Å². The second kappa shape index (κ2) is 5.87. The molecule has 1 aliphatic heterocycles. The molecule has 0 saturated carbocycles. The normalized spacial score (nSPS) is 16.8. The number of nitrogens with one attached hydrogen (secondary N) is 2. The van der Waals surface area contributed by atoms with Crippen LogP contribution in [0, 0.1) is 6.92 Å². The molecule has 1 unspecified atom stereocenters. The molecule has 1 fully saturated rings. The highest BCUT2D eigenvalue weighted by molar-refractivity contribution is 5.76. The first-order valence-electron chi connectivity index (χ1n) is 6.50. The topological polar surface area (TPSA) is 44.4 Å². The van der Waals surface area contributed by atoms with Crippen molar-refractivity contribution < 1.29 is 4.79 Å². The van der Waals surface area contributed by atoms with Gasteiger partial charge in [0.15, 0.2) is 0 Å². The molecule has 0 aromatic heterocycles. The molecule has 4 heteroatoms. The zero-order valence-corrected chi connectivity index (χ0v) is 11.1. The van der Waals surface area contributed by atoms with E-state index in [9.17, 15) is 4.79 Å². The van der Waals surface area contributed by atoms with Crippen LogP contribution in [0.15, 0.2) is 24.3 Å². The van der Waals surface area contributed by atoms with Gasteiger partial charge in [-0.15, -0.1) is 0 Å². The summed E-state index contributed by atoms with van der Waals surface area (Å²) in [6.07, 6.45) is 0. The van der Waals surface area contributed by atoms with Crippen molar-refractivity contribution in [1.29, 1.82) is 0 Å². The molecule has 2 rings (SSSR count). The quantitative estimate of drug-likeness (QED) is 0.831. The summed E-state index contributed by atoms with van der Waals surface area (Å²) < 4.78 is 0. The van der Waals surface area contributed by atoms with Gasteiger partial charge in [0.25, 0.3) is 0 Å². The van der Waals surface area contributed by atoms with E-state index in [0.29, 0.717) is 6.04 Å². The molecule has 1 aromatic carbocycles. The Morgan fingerprint density at radius 2 is 2.22 bits per heavy atom. The molecule has 0 aliphatic carbocycles. The van der Waals surface area contributed by atoms with E-state index in [-0.39, 0.29) is 6.03 Å². The van der Waals surface area contributed by atoms with Gasteiger partial charge in [-0.1, -0.05) is 24.3 Å². The molecule has 0 bridgehead atoms. The highest BCUT2D eigenvalue weighted by Gasteiger charge is 2.18. The van der Waals surface area contributed by atoms with Crippen LogP contribution in [-0.4, -0.2) is 37.1 Å². The monoisotopic (exact) mass is 247 g/mol. The van der Waals surface area contributed by atoms with E-state index in [1.807, 2.05) is 4.90 Å². The van der Waals surface area contributed by atoms with Crippen molar-refractivity contribution in [2.24, 2.45) is 0 Å². The predicted molar refractivity (Wildman–Crippen MR) is 72.6 cm³/mol. The van der Waals surface area contributed by atoms with E-state index in [0.717, 1.165) is 26.2 Å². The Hall–Kier alpha value is -1.55. The summed E-state index contributed by atoms with van der Waals surface area (Å²) in [5, 5.41) is 6.27. The maximum Gasteiger partial charge on any atom is 0.317 e. The van der Waals surface area contributed by atoms with Crippen LogP contribution < -0.4 is 10.6 Å². The van der Waals surface area contributed by atoms with Crippen LogP contribution in [0.5, 0.6) is 0 Å². The number of carbonyl (C=O) groups is 1. The largest absolute Gasteiger partial charge is 0.336 e. The minimum Gasteiger partial charge on any atom is -0.336 e. The van der Waals surface area contributed by atoms with Crippen LogP contribution >= 0.6 is 0 Å². The molecule has 1 aromatic rings. The average Bonchev–Trinajstić information content (AvgIpc) is 2.75. The Kier molecular flexibility index (Phi) is 4.20. The van der Waals surface area contributed by atoms with E-state index in [1.54, 1.807) is 0 Å². The van der Waals surface area contributed by atoms with Crippen molar-refractivity contribution in [2.75, 3.05) is 26.2 Å². The Labute approximate surface area is 108 Å². The van der Waals surface area contributed by atoms with Gasteiger partial charge in [-0.2, -0.15) is 0 Å². The minimum atomic E-state index is 0.0559. The molecule has 1 saturated heterocycles. The fourth-order valence-corrected chi connectivity index (χ4v) is 2.32. The molecular formula is C14H21N3O. The van der Waals surface area contributed by atoms with Crippen molar-refractivity contribution in [2.45, 2.75) is 19.9 Å². The zero-order chi connectivity index (χ0) is 13.0. The van der Waals surface area contributed by atoms with Gasteiger partial charge in [0.05, 0.1) is 0 Å². The summed E-state index contributed by atoms with van der Waals surface area (Å²) in [6, 6.07) is 8.77. The fourth-order valence-electron chi connectivity index (χ4n) is 2.32. The summed E-state index contributed by atoms with van der Waals surface area (Å²) in [5.41, 5.74) is 2.62. The van der Waals surface area contributed by atoms with Crippen molar-refractivity contribution in [3.05, 3.63) is 35.4 Å². The van der Waals surface area contributed by atoms with Gasteiger partial charge in [0.2, 0.25) is 0 Å². The molecule has 1 aliphatic rings. The number of hydrogen-bond donors (Lipinski definition) is 2. The lowest BCUT2D eigenvalue weighted by Crippen LogP contribution is -2.35. The van der Waals surface area contributed by atoms with E-state index in [4.69, 9.17) is 0 Å². The first-order valence-corrected chi connectivity index (χ1v) is 6.50. The second-order valence-electron chi connectivity index (χ2n) is 4.75. The molecule has 2 amide bonds. The SMILES string of the molecule is Cc1ccccc1C(C)NCCN1CCNC1=O. The third-order valence-electron chi connectivity index (χ3n) is 3.43. The number of aryl methyl sites for hydroxylation is 1. The van der Waals surface area contributed by atoms with Crippen molar-refractivity contribution in [3.8, 4) is 0 Å². The molecular weight excluding hydrogens is 226 g/mol. The molecule has 1 heterocycles. The lowest BCUT2D eigenvalue weighted by molar-refractivity contribution is 0.217. The van der Waals surface area contributed by atoms with E-state index in [1.165, 1.54) is 11.1 Å². The van der Waals surface area contributed by atoms with Gasteiger partial charge in [-0.05, 0) is 25.0 Å². The molecule has 0 spiro atoms. The first kappa shape index (κ1) is 12.9. The predicted octanol–water partition coefficient (Wildman–Crippen LogP) is 1.67. The van der Waals surface area contributed by atoms with Crippen LogP contribution in [0.1, 0.15) is 24.1 Å². The number of urea groups is 1. The number of carbonyl (C=O) groups excluding carboxylic acids is 1. The smallest absolute Gasteiger partial charge is 0.317 e. The van der Waals surface area contributed by atoms with E-state index in [2.05, 4.69) is 48.7 Å². The van der Waals surface area contributed by atoms with Gasteiger partial charge < -0.3 is 15.5 Å². The standard InChI is InChI=1S/C14H21N3O/c1-11-5-3-4-6-13(11)12(2)15-7-9-17-10-8-16-14(17)18/h3-6,12,15H,7-10H2,1-2H3,(H,16,18). The van der Waals surface area contributed by atoms with Gasteiger partial charge in [0, 0.05) is 32.2 Å². The molecule has 18 heavy (non-hydrogen) atoms. The summed E-state index contributed by atoms with van der Waals surface area (Å²) in [4.78, 5) is 13.2. The van der Waals surface area contributed by atoms with E-state index >= 15 is 0 Å². The summed E-state index contributed by atoms with van der Waals surface area (Å²) >= 11 is 0. The van der Waals surface area contributed by atoms with Crippen molar-refractivity contribution in [1.82, 2.24) is 15.5 Å². The summed E-state index contributed by atoms with van der Waals surface area (Å²) in [6.45, 7) is 7.46. The third kappa shape index (κ3) is 3.01. The van der Waals surface area contributed by atoms with Crippen LogP contribution in [0.3, 0.4) is 0 Å². The van der Waals surface area contributed by atoms with Crippen LogP contribution in [-0.2, 0) is 0 Å². The highest BCUT2D eigenvalue weighted by Crippen LogP contribution is 2.16. The molecule has 98 valence electrons. The lowest BCUT2D eigenvalue weighted by Gasteiger charge is -2.19. The Balaban J connectivity index is 1.80. The van der Waals surface area contributed by atoms with Crippen molar-refractivity contribution >= 4 is 6.03 Å². The Bertz CT molecular complexity index is 419. The minimum absolute atomic E-state index is 0.0559. The molecule has 0 radical (unpaired) electrons. The molecule has 2 N–H and O–H groups in total. The number of rotatable bonds is 5. The number of hydrogen-bond acceptors (Lipinski definition) is 2. The molecule has 1 atom stereocenters. The first-order chi connectivity index (χ1) is 8.68. The lowest BCUT2D eigenvalue weighted by atomic mass is 10.0. The number of amides is 2. The van der Waals surface area contributed by atoms with Crippen LogP contribution in [0.4, 0.5) is 4.79 Å². The van der Waals surface area contributed by atoms with E-state index < -0.39 is 0 Å². The van der Waals surface area contributed by atoms with Crippen LogP contribution in [0.2, 0.25) is 0 Å². The zero-order valence-electron chi connectivity index (χ0n) is 11.1. The Morgan fingerprint density at radius 3 is 2.89 bits per heavy atom. The van der Waals surface area contributed by atoms with Gasteiger partial charge in [-0.25, -0.2) is 4.79 Å². The van der Waals surface area contributed by atoms with Crippen molar-refractivity contribution in [3.63, 3.8) is 0 Å². The third-order valence-corrected chi connectivity index (χ3v) is 3.43. The molecule has 4 nitrogen and oxygen atoms in total. The maximum atomic E-state index is 11.4. The second-order valence-corrected chi connectivity index (χ2v) is 4.75. The summed E-state index contributed by atoms with van der Waals surface area (Å²) in [5.74, 6) is 0. The van der Waals surface area contributed by atoms with Gasteiger partial charge in [0.1, 0.15) is 0 Å². The Morgan fingerprint density at radius 1 is 1.44 bits per heavy atom. The van der Waals surface area contributed by atoms with Gasteiger partial charge in [-0.3, -0.25) is 0 Å².